The molecule has 4 N–H and O–H groups in total. The van der Waals surface area contributed by atoms with Crippen molar-refractivity contribution in [1.82, 2.24) is 10.3 Å². The smallest absolute Gasteiger partial charge is 0.323 e. The second-order valence-corrected chi connectivity index (χ2v) is 6.67. The molecule has 152 valence electrons. The molecule has 1 aromatic heterocycles. The average Bonchev–Trinajstić information content (AvgIpc) is 3.21. The Bertz CT molecular complexity index is 1070. The largest absolute Gasteiger partial charge is 0.450 e. The molecule has 0 radical (unpaired) electrons. The number of urea groups is 1. The molecule has 1 atom stereocenters. The molecular weight excluding hydrogens is 385 g/mol. The van der Waals surface area contributed by atoms with Crippen molar-refractivity contribution in [3.8, 4) is 0 Å². The molecule has 1 unspecified atom stereocenters. The zero-order valence-electron chi connectivity index (χ0n) is 16.1. The van der Waals surface area contributed by atoms with Gasteiger partial charge in [-0.15, -0.1) is 0 Å². The van der Waals surface area contributed by atoms with Gasteiger partial charge in [-0.3, -0.25) is 4.98 Å². The van der Waals surface area contributed by atoms with Crippen LogP contribution in [0.15, 0.2) is 73.2 Å². The zero-order valence-corrected chi connectivity index (χ0v) is 16.1. The number of amides is 2. The van der Waals surface area contributed by atoms with Crippen molar-refractivity contribution < 1.29 is 13.9 Å². The molecule has 1 aliphatic heterocycles. The van der Waals surface area contributed by atoms with E-state index < -0.39 is 12.4 Å². The Morgan fingerprint density at radius 3 is 2.63 bits per heavy atom. The fourth-order valence-electron chi connectivity index (χ4n) is 2.90. The van der Waals surface area contributed by atoms with Gasteiger partial charge in [-0.2, -0.15) is 0 Å². The van der Waals surface area contributed by atoms with E-state index in [-0.39, 0.29) is 5.82 Å². The van der Waals surface area contributed by atoms with Gasteiger partial charge in [-0.25, -0.2) is 9.18 Å². The normalized spacial score (nSPS) is 14.9. The number of carbonyl (C=O) groups is 1. The molecule has 2 aromatic carbocycles. The lowest BCUT2D eigenvalue weighted by Gasteiger charge is -2.18. The number of ether oxygens (including phenoxy) is 1. The average molecular weight is 405 g/mol. The Morgan fingerprint density at radius 1 is 1.10 bits per heavy atom. The third-order valence-corrected chi connectivity index (χ3v) is 4.44. The first kappa shape index (κ1) is 19.3. The van der Waals surface area contributed by atoms with E-state index in [0.717, 1.165) is 16.8 Å². The number of anilines is 3. The molecule has 2 heterocycles. The Hall–Kier alpha value is -4.07. The number of carbonyl (C=O) groups excluding carboxylic acids is 1. The van der Waals surface area contributed by atoms with E-state index in [4.69, 9.17) is 4.74 Å². The number of aromatic nitrogens is 1. The summed E-state index contributed by atoms with van der Waals surface area (Å²) in [6.45, 7) is 1.95. The highest BCUT2D eigenvalue weighted by Crippen LogP contribution is 2.25. The molecule has 0 saturated heterocycles. The van der Waals surface area contributed by atoms with Crippen molar-refractivity contribution >= 4 is 28.9 Å². The Kier molecular flexibility index (Phi) is 5.47. The van der Waals surface area contributed by atoms with Gasteiger partial charge in [0.15, 0.2) is 0 Å². The number of benzene rings is 2. The fraction of sp³-hybridized carbons (Fsp3) is 0.0909. The van der Waals surface area contributed by atoms with E-state index in [0.29, 0.717) is 17.1 Å². The van der Waals surface area contributed by atoms with Crippen molar-refractivity contribution in [3.63, 3.8) is 0 Å². The van der Waals surface area contributed by atoms with Gasteiger partial charge in [0, 0.05) is 41.2 Å². The van der Waals surface area contributed by atoms with E-state index in [1.165, 1.54) is 24.3 Å². The minimum absolute atomic E-state index is 0.362. The summed E-state index contributed by atoms with van der Waals surface area (Å²) in [5, 5.41) is 11.8. The lowest BCUT2D eigenvalue weighted by atomic mass is 10.2. The molecule has 0 aliphatic carbocycles. The first-order chi connectivity index (χ1) is 14.6. The molecule has 8 heteroatoms. The second-order valence-electron chi connectivity index (χ2n) is 6.67. The van der Waals surface area contributed by atoms with Gasteiger partial charge in [-0.1, -0.05) is 6.07 Å². The summed E-state index contributed by atoms with van der Waals surface area (Å²) in [7, 11) is 0. The van der Waals surface area contributed by atoms with E-state index in [1.807, 2.05) is 31.2 Å². The maximum Gasteiger partial charge on any atom is 0.323 e. The molecule has 0 saturated carbocycles. The number of halogens is 1. The monoisotopic (exact) mass is 405 g/mol. The van der Waals surface area contributed by atoms with Crippen molar-refractivity contribution in [1.29, 1.82) is 0 Å². The third kappa shape index (κ3) is 4.67. The van der Waals surface area contributed by atoms with Crippen LogP contribution in [-0.2, 0) is 4.74 Å². The van der Waals surface area contributed by atoms with Gasteiger partial charge in [0.05, 0.1) is 0 Å². The summed E-state index contributed by atoms with van der Waals surface area (Å²) in [4.78, 5) is 16.3. The molecule has 4 rings (SSSR count). The van der Waals surface area contributed by atoms with Gasteiger partial charge in [0.2, 0.25) is 6.35 Å². The second kappa shape index (κ2) is 8.52. The molecule has 2 amide bonds. The lowest BCUT2D eigenvalue weighted by Crippen LogP contribution is -2.30. The molecular formula is C22H20FN5O2. The van der Waals surface area contributed by atoms with E-state index >= 15 is 0 Å². The molecule has 30 heavy (non-hydrogen) atoms. The summed E-state index contributed by atoms with van der Waals surface area (Å²) >= 11 is 0. The third-order valence-electron chi connectivity index (χ3n) is 4.44. The lowest BCUT2D eigenvalue weighted by molar-refractivity contribution is 0.199. The quantitative estimate of drug-likeness (QED) is 0.503. The van der Waals surface area contributed by atoms with E-state index in [2.05, 4.69) is 26.3 Å². The Morgan fingerprint density at radius 2 is 1.87 bits per heavy atom. The summed E-state index contributed by atoms with van der Waals surface area (Å²) in [6.07, 6.45) is 4.76. The van der Waals surface area contributed by atoms with Crippen molar-refractivity contribution in [2.24, 2.45) is 0 Å². The number of hydrogen-bond donors (Lipinski definition) is 4. The van der Waals surface area contributed by atoms with Crippen LogP contribution in [0.5, 0.6) is 0 Å². The standard InChI is InChI=1S/C22H20FN5O2/c1-14-4-7-18(27-21(29)26-17-8-5-16(23)6-9-17)11-19(14)28-22-25-13-20(30-22)15-3-2-10-24-12-15/h2-13,22,25,28H,1H3,(H2,26,27,29). The van der Waals surface area contributed by atoms with Gasteiger partial charge >= 0.3 is 6.03 Å². The first-order valence-electron chi connectivity index (χ1n) is 9.31. The van der Waals surface area contributed by atoms with Gasteiger partial charge in [0.1, 0.15) is 11.6 Å². The molecule has 1 aliphatic rings. The number of aryl methyl sites for hydroxylation is 1. The topological polar surface area (TPSA) is 87.3 Å². The molecule has 0 fully saturated rings. The van der Waals surface area contributed by atoms with Crippen LogP contribution in [0.4, 0.5) is 26.2 Å². The van der Waals surface area contributed by atoms with Crippen LogP contribution in [0.3, 0.4) is 0 Å². The predicted octanol–water partition coefficient (Wildman–Crippen LogP) is 4.49. The van der Waals surface area contributed by atoms with E-state index in [1.54, 1.807) is 24.7 Å². The summed E-state index contributed by atoms with van der Waals surface area (Å²) in [6, 6.07) is 14.4. The predicted molar refractivity (Wildman–Crippen MR) is 114 cm³/mol. The van der Waals surface area contributed by atoms with Crippen LogP contribution in [-0.4, -0.2) is 17.4 Å². The van der Waals surface area contributed by atoms with Crippen LogP contribution >= 0.6 is 0 Å². The molecule has 0 spiro atoms. The minimum Gasteiger partial charge on any atom is -0.450 e. The Labute approximate surface area is 173 Å². The number of pyridine rings is 1. The molecule has 0 bridgehead atoms. The number of hydrogen-bond acceptors (Lipinski definition) is 5. The maximum atomic E-state index is 13.0. The van der Waals surface area contributed by atoms with E-state index in [9.17, 15) is 9.18 Å². The van der Waals surface area contributed by atoms with Crippen LogP contribution in [0.1, 0.15) is 11.1 Å². The molecule has 3 aromatic rings. The SMILES string of the molecule is Cc1ccc(NC(=O)Nc2ccc(F)cc2)cc1NC1NC=C(c2cccnc2)O1. The van der Waals surface area contributed by atoms with Gasteiger partial charge in [0.25, 0.3) is 0 Å². The molecule has 7 nitrogen and oxygen atoms in total. The van der Waals surface area contributed by atoms with Gasteiger partial charge in [-0.05, 0) is 61.0 Å². The van der Waals surface area contributed by atoms with Crippen LogP contribution < -0.4 is 21.3 Å². The van der Waals surface area contributed by atoms with Crippen molar-refractivity contribution in [2.75, 3.05) is 16.0 Å². The fourth-order valence-corrected chi connectivity index (χ4v) is 2.90. The maximum absolute atomic E-state index is 13.0. The van der Waals surface area contributed by atoms with Crippen LogP contribution in [0, 0.1) is 12.7 Å². The highest BCUT2D eigenvalue weighted by atomic mass is 19.1. The van der Waals surface area contributed by atoms with Crippen molar-refractivity contribution in [3.05, 3.63) is 90.1 Å². The highest BCUT2D eigenvalue weighted by molar-refractivity contribution is 6.00. The van der Waals surface area contributed by atoms with Crippen LogP contribution in [0.25, 0.3) is 5.76 Å². The highest BCUT2D eigenvalue weighted by Gasteiger charge is 2.19. The summed E-state index contributed by atoms with van der Waals surface area (Å²) < 4.78 is 18.9. The number of rotatable bonds is 5. The van der Waals surface area contributed by atoms with Gasteiger partial charge < -0.3 is 26.0 Å². The first-order valence-corrected chi connectivity index (χ1v) is 9.31. The Balaban J connectivity index is 1.37. The summed E-state index contributed by atoms with van der Waals surface area (Å²) in [5.74, 6) is 0.324. The van der Waals surface area contributed by atoms with Crippen LogP contribution in [0.2, 0.25) is 0 Å². The summed E-state index contributed by atoms with van der Waals surface area (Å²) in [5.41, 5.74) is 3.75. The number of nitrogens with zero attached hydrogens (tertiary/aromatic N) is 1. The minimum atomic E-state index is -0.456. The van der Waals surface area contributed by atoms with Crippen molar-refractivity contribution in [2.45, 2.75) is 13.3 Å². The zero-order chi connectivity index (χ0) is 20.9. The number of nitrogens with one attached hydrogen (secondary N) is 4.